The monoisotopic (exact) mass is 607 g/mol. The first kappa shape index (κ1) is 30.5. The first-order chi connectivity index (χ1) is 21.5. The number of anilines is 1. The summed E-state index contributed by atoms with van der Waals surface area (Å²) in [6.07, 6.45) is 7.21. The molecule has 234 valence electrons. The number of aryl methyl sites for hydroxylation is 1. The van der Waals surface area contributed by atoms with Gasteiger partial charge in [-0.05, 0) is 88.1 Å². The zero-order valence-electron chi connectivity index (χ0n) is 26.7. The average Bonchev–Trinajstić information content (AvgIpc) is 3.77. The minimum Gasteiger partial charge on any atom is -0.444 e. The predicted octanol–water partition coefficient (Wildman–Crippen LogP) is 7.52. The van der Waals surface area contributed by atoms with Crippen LogP contribution in [0.5, 0.6) is 11.6 Å². The lowest BCUT2D eigenvalue weighted by atomic mass is 9.93. The molecule has 9 nitrogen and oxygen atoms in total. The van der Waals surface area contributed by atoms with Crippen molar-refractivity contribution in [2.75, 3.05) is 18.4 Å². The van der Waals surface area contributed by atoms with Gasteiger partial charge in [0.15, 0.2) is 0 Å². The summed E-state index contributed by atoms with van der Waals surface area (Å²) >= 11 is 0. The number of pyridine rings is 1. The summed E-state index contributed by atoms with van der Waals surface area (Å²) in [6, 6.07) is 15.8. The van der Waals surface area contributed by atoms with Crippen LogP contribution in [-0.4, -0.2) is 56.5 Å². The number of carbonyl (C=O) groups is 2. The highest BCUT2D eigenvalue weighted by atomic mass is 16.6. The Bertz CT molecular complexity index is 1740. The zero-order valence-corrected chi connectivity index (χ0v) is 26.7. The Morgan fingerprint density at radius 2 is 1.84 bits per heavy atom. The minimum atomic E-state index is -0.543. The Hall–Kier alpha value is -4.53. The molecule has 2 fully saturated rings. The van der Waals surface area contributed by atoms with Crippen molar-refractivity contribution in [3.8, 4) is 22.9 Å². The topological polar surface area (TPSA) is 107 Å². The highest BCUT2D eigenvalue weighted by Crippen LogP contribution is 2.47. The van der Waals surface area contributed by atoms with E-state index in [1.807, 2.05) is 70.2 Å². The second-order valence-electron chi connectivity index (χ2n) is 13.5. The molecule has 2 aromatic carbocycles. The minimum absolute atomic E-state index is 0.00644. The molecule has 1 N–H and O–H groups in total. The lowest BCUT2D eigenvalue weighted by Crippen LogP contribution is -2.47. The Morgan fingerprint density at radius 1 is 1.02 bits per heavy atom. The maximum absolute atomic E-state index is 13.0. The van der Waals surface area contributed by atoms with Crippen LogP contribution < -0.4 is 10.1 Å². The number of nitrogens with one attached hydrogen (secondary N) is 1. The van der Waals surface area contributed by atoms with Crippen molar-refractivity contribution < 1.29 is 19.1 Å². The summed E-state index contributed by atoms with van der Waals surface area (Å²) < 4.78 is 12.2. The maximum Gasteiger partial charge on any atom is 0.410 e. The fourth-order valence-corrected chi connectivity index (χ4v) is 5.76. The van der Waals surface area contributed by atoms with Crippen LogP contribution >= 0.6 is 0 Å². The van der Waals surface area contributed by atoms with Gasteiger partial charge in [-0.2, -0.15) is 0 Å². The van der Waals surface area contributed by atoms with Gasteiger partial charge in [-0.25, -0.2) is 19.7 Å². The van der Waals surface area contributed by atoms with E-state index in [0.717, 1.165) is 53.1 Å². The highest BCUT2D eigenvalue weighted by Gasteiger charge is 2.44. The molecule has 1 aliphatic carbocycles. The molecule has 6 rings (SSSR count). The quantitative estimate of drug-likeness (QED) is 0.219. The van der Waals surface area contributed by atoms with Crippen molar-refractivity contribution in [2.45, 2.75) is 78.4 Å². The van der Waals surface area contributed by atoms with Crippen molar-refractivity contribution >= 4 is 28.6 Å². The van der Waals surface area contributed by atoms with E-state index in [2.05, 4.69) is 28.3 Å². The average molecular weight is 608 g/mol. The smallest absolute Gasteiger partial charge is 0.410 e. The van der Waals surface area contributed by atoms with Crippen molar-refractivity contribution in [1.82, 2.24) is 19.9 Å². The normalized spacial score (nSPS) is 17.5. The number of nitrogens with zero attached hydrogens (tertiary/aromatic N) is 4. The Morgan fingerprint density at radius 3 is 2.62 bits per heavy atom. The lowest BCUT2D eigenvalue weighted by Gasteiger charge is -2.34. The van der Waals surface area contributed by atoms with E-state index in [4.69, 9.17) is 14.5 Å². The number of carbonyl (C=O) groups excluding carboxylic acids is 2. The zero-order chi connectivity index (χ0) is 31.8. The summed E-state index contributed by atoms with van der Waals surface area (Å²) in [6.45, 7) is 10.9. The number of amides is 1. The first-order valence-corrected chi connectivity index (χ1v) is 15.7. The molecular formula is C36H41N5O4. The lowest BCUT2D eigenvalue weighted by molar-refractivity contribution is -0.122. The van der Waals surface area contributed by atoms with E-state index in [0.29, 0.717) is 48.6 Å². The van der Waals surface area contributed by atoms with Crippen molar-refractivity contribution in [3.63, 3.8) is 0 Å². The van der Waals surface area contributed by atoms with E-state index < -0.39 is 5.60 Å². The number of likely N-dealkylation sites (tertiary alicyclic amines) is 1. The summed E-state index contributed by atoms with van der Waals surface area (Å²) in [5, 5.41) is 5.37. The van der Waals surface area contributed by atoms with Crippen LogP contribution in [0, 0.1) is 12.3 Å². The number of ether oxygens (including phenoxy) is 2. The van der Waals surface area contributed by atoms with Gasteiger partial charge in [-0.3, -0.25) is 4.79 Å². The molecule has 0 bridgehead atoms. The number of rotatable bonds is 8. The third-order valence-corrected chi connectivity index (χ3v) is 8.63. The summed E-state index contributed by atoms with van der Waals surface area (Å²) in [5.74, 6) is 1.90. The van der Waals surface area contributed by atoms with E-state index >= 15 is 0 Å². The first-order valence-electron chi connectivity index (χ1n) is 15.7. The number of fused-ring (bicyclic) bond motifs is 1. The van der Waals surface area contributed by atoms with Gasteiger partial charge in [0.1, 0.15) is 17.1 Å². The second-order valence-corrected chi connectivity index (χ2v) is 13.5. The molecule has 1 saturated heterocycles. The fourth-order valence-electron chi connectivity index (χ4n) is 5.76. The number of piperidine rings is 1. The van der Waals surface area contributed by atoms with Gasteiger partial charge >= 0.3 is 6.09 Å². The third-order valence-electron chi connectivity index (χ3n) is 8.63. The van der Waals surface area contributed by atoms with Crippen LogP contribution in [0.1, 0.15) is 64.5 Å². The number of hydrogen-bond acceptors (Lipinski definition) is 8. The molecule has 1 saturated carbocycles. The summed E-state index contributed by atoms with van der Waals surface area (Å²) in [4.78, 5) is 41.2. The number of ketones is 1. The molecule has 2 aliphatic rings. The highest BCUT2D eigenvalue weighted by molar-refractivity contribution is 5.97. The van der Waals surface area contributed by atoms with Crippen molar-refractivity contribution in [1.29, 1.82) is 0 Å². The Balaban J connectivity index is 1.23. The molecule has 0 spiro atoms. The number of benzene rings is 2. The van der Waals surface area contributed by atoms with Gasteiger partial charge in [0.2, 0.25) is 11.8 Å². The molecule has 0 radical (unpaired) electrons. The summed E-state index contributed by atoms with van der Waals surface area (Å²) in [7, 11) is 0. The van der Waals surface area contributed by atoms with Crippen LogP contribution in [-0.2, 0) is 16.0 Å². The molecular weight excluding hydrogens is 566 g/mol. The van der Waals surface area contributed by atoms with Crippen LogP contribution in [0.15, 0.2) is 60.9 Å². The largest absolute Gasteiger partial charge is 0.444 e. The molecule has 2 aromatic heterocycles. The Labute approximate surface area is 264 Å². The third kappa shape index (κ3) is 6.92. The molecule has 1 aliphatic heterocycles. The van der Waals surface area contributed by atoms with Gasteiger partial charge in [0.25, 0.3) is 0 Å². The molecule has 0 unspecified atom stereocenters. The SMILES string of the molecule is Cc1ccc2c(CC(=O)C3(C)CC3)cccc2c1Oc1ncccc1-c1ccnc(N[C@H]2CCCN(C(=O)OC(C)(C)C)C2)n1. The molecule has 1 atom stereocenters. The van der Waals surface area contributed by atoms with Crippen LogP contribution in [0.4, 0.5) is 10.7 Å². The second kappa shape index (κ2) is 12.1. The molecule has 9 heteroatoms. The standard InChI is InChI=1S/C36H41N5O4/c1-23-13-14-26-24(21-30(42)36(5)16-17-36)9-6-11-27(26)31(23)44-32-28(12-7-18-37-32)29-15-19-38-33(40-29)39-25-10-8-20-41(22-25)34(43)45-35(2,3)4/h6-7,9,11-15,18-19,25H,8,10,16-17,20-22H2,1-5H3,(H,38,39,40)/t25-/m0/s1. The molecule has 3 heterocycles. The van der Waals surface area contributed by atoms with E-state index in [-0.39, 0.29) is 17.6 Å². The molecule has 4 aromatic rings. The van der Waals surface area contributed by atoms with Gasteiger partial charge < -0.3 is 19.7 Å². The van der Waals surface area contributed by atoms with Gasteiger partial charge in [-0.1, -0.05) is 37.3 Å². The van der Waals surface area contributed by atoms with E-state index in [9.17, 15) is 9.59 Å². The van der Waals surface area contributed by atoms with Gasteiger partial charge in [0, 0.05) is 48.7 Å². The molecule has 45 heavy (non-hydrogen) atoms. The van der Waals surface area contributed by atoms with Gasteiger partial charge in [0.05, 0.1) is 11.3 Å². The van der Waals surface area contributed by atoms with Crippen molar-refractivity contribution in [2.24, 2.45) is 5.41 Å². The predicted molar refractivity (Wildman–Crippen MR) is 175 cm³/mol. The van der Waals surface area contributed by atoms with Crippen LogP contribution in [0.2, 0.25) is 0 Å². The fraction of sp³-hybridized carbons (Fsp3) is 0.417. The number of hydrogen-bond donors (Lipinski definition) is 1. The summed E-state index contributed by atoms with van der Waals surface area (Å²) in [5.41, 5.74) is 2.65. The number of aromatic nitrogens is 3. The Kier molecular flexibility index (Phi) is 8.20. The molecule has 1 amide bonds. The van der Waals surface area contributed by atoms with Crippen LogP contribution in [0.25, 0.3) is 22.0 Å². The number of Topliss-reactive ketones (excluding diaryl/α,β-unsaturated/α-hetero) is 1. The van der Waals surface area contributed by atoms with E-state index in [1.165, 1.54) is 0 Å². The van der Waals surface area contributed by atoms with E-state index in [1.54, 1.807) is 17.3 Å². The van der Waals surface area contributed by atoms with Gasteiger partial charge in [-0.15, -0.1) is 0 Å². The van der Waals surface area contributed by atoms with Crippen molar-refractivity contribution in [3.05, 3.63) is 72.1 Å². The maximum atomic E-state index is 13.0. The van der Waals surface area contributed by atoms with Crippen LogP contribution in [0.3, 0.4) is 0 Å².